The number of hydrogen-bond acceptors (Lipinski definition) is 8. The van der Waals surface area contributed by atoms with Gasteiger partial charge in [-0.15, -0.1) is 0 Å². The summed E-state index contributed by atoms with van der Waals surface area (Å²) >= 11 is 0. The smallest absolute Gasteiger partial charge is 0.317 e. The highest BCUT2D eigenvalue weighted by atomic mass is 16.6. The highest BCUT2D eigenvalue weighted by molar-refractivity contribution is 5.76. The number of benzene rings is 4. The molecule has 0 fully saturated rings. The maximum absolute atomic E-state index is 14.0. The number of ether oxygens (including phenoxy) is 5. The molecular formula is C43H50N4O6. The van der Waals surface area contributed by atoms with Gasteiger partial charge in [0.15, 0.2) is 34.5 Å². The van der Waals surface area contributed by atoms with E-state index in [4.69, 9.17) is 23.7 Å². The van der Waals surface area contributed by atoms with Crippen molar-refractivity contribution < 1.29 is 28.5 Å². The standard InChI is InChI=1S/C43H50N4O6/c1-6-46(7-2)18-8-17-44-43(48)47-20-16-29-24-37-38-26-32(29)33(47)22-28-11-14-35(49-4)36(23-28)51-31-12-9-27(10-13-31)21-34-40-30(15-19-45(34)3)25-39(50-5)41(52-37)42(40)53-38/h9-14,23-26,33-34H,6-8,15-22H2,1-5H3,(H,44,48). The SMILES string of the molecule is CCN(CC)CCCNC(=O)N1CCc2cc3c4cc2C1Cc1ccc(OC)c(c1)Oc1ccc(cc1)CC1c2c(cc(OC)c(c2O4)O3)CCN1C. The molecule has 4 aromatic carbocycles. The van der Waals surface area contributed by atoms with Gasteiger partial charge in [-0.1, -0.05) is 32.0 Å². The number of rotatable bonds is 8. The minimum Gasteiger partial charge on any atom is -0.493 e. The molecule has 0 aliphatic carbocycles. The molecule has 7 bridgehead atoms. The Morgan fingerprint density at radius 2 is 1.51 bits per heavy atom. The zero-order valence-corrected chi connectivity index (χ0v) is 31.5. The predicted molar refractivity (Wildman–Crippen MR) is 205 cm³/mol. The first kappa shape index (κ1) is 35.1. The number of fused-ring (bicyclic) bond motifs is 2. The fourth-order valence-electron chi connectivity index (χ4n) is 8.42. The molecule has 0 spiro atoms. The van der Waals surface area contributed by atoms with Crippen LogP contribution in [-0.2, 0) is 25.7 Å². The second kappa shape index (κ2) is 14.8. The Morgan fingerprint density at radius 3 is 2.28 bits per heavy atom. The summed E-state index contributed by atoms with van der Waals surface area (Å²) in [7, 11) is 5.52. The minimum absolute atomic E-state index is 0.0530. The predicted octanol–water partition coefficient (Wildman–Crippen LogP) is 8.06. The number of carbonyl (C=O) groups is 1. The van der Waals surface area contributed by atoms with Crippen LogP contribution in [0.15, 0.2) is 60.7 Å². The lowest BCUT2D eigenvalue weighted by molar-refractivity contribution is 0.167. The van der Waals surface area contributed by atoms with Crippen molar-refractivity contribution in [1.82, 2.24) is 20.0 Å². The van der Waals surface area contributed by atoms with E-state index >= 15 is 0 Å². The zero-order chi connectivity index (χ0) is 36.6. The number of urea groups is 1. The maximum Gasteiger partial charge on any atom is 0.317 e. The van der Waals surface area contributed by atoms with Crippen LogP contribution in [0.5, 0.6) is 46.0 Å². The zero-order valence-electron chi connectivity index (χ0n) is 31.5. The fourth-order valence-corrected chi connectivity index (χ4v) is 8.42. The molecule has 10 heteroatoms. The Morgan fingerprint density at radius 1 is 0.792 bits per heavy atom. The summed E-state index contributed by atoms with van der Waals surface area (Å²) in [5, 5.41) is 3.24. The molecule has 2 unspecified atom stereocenters. The normalized spacial score (nSPS) is 18.4. The number of methoxy groups -OCH3 is 2. The van der Waals surface area contributed by atoms with Gasteiger partial charge in [-0.25, -0.2) is 4.79 Å². The van der Waals surface area contributed by atoms with E-state index in [1.807, 2.05) is 29.2 Å². The third kappa shape index (κ3) is 6.74. The Balaban J connectivity index is 1.23. The lowest BCUT2D eigenvalue weighted by Crippen LogP contribution is -2.46. The quantitative estimate of drug-likeness (QED) is 0.161. The number of hydrogen-bond donors (Lipinski definition) is 1. The molecular weight excluding hydrogens is 668 g/mol. The van der Waals surface area contributed by atoms with Crippen LogP contribution >= 0.6 is 0 Å². The molecule has 0 radical (unpaired) electrons. The molecule has 2 atom stereocenters. The molecule has 0 saturated heterocycles. The molecule has 1 N–H and O–H groups in total. The van der Waals surface area contributed by atoms with Gasteiger partial charge >= 0.3 is 6.03 Å². The van der Waals surface area contributed by atoms with Gasteiger partial charge in [0.2, 0.25) is 5.75 Å². The van der Waals surface area contributed by atoms with Crippen LogP contribution < -0.4 is 29.0 Å². The first-order valence-electron chi connectivity index (χ1n) is 19.0. The van der Waals surface area contributed by atoms with Crippen molar-refractivity contribution in [3.8, 4) is 46.0 Å². The third-order valence-electron chi connectivity index (χ3n) is 11.5. The first-order chi connectivity index (χ1) is 25.9. The second-order valence-electron chi connectivity index (χ2n) is 14.5. The number of amides is 2. The average Bonchev–Trinajstić information content (AvgIpc) is 3.17. The molecule has 278 valence electrons. The number of likely N-dealkylation sites (N-methyl/N-ethyl adjacent to an activating group) is 1. The van der Waals surface area contributed by atoms with Gasteiger partial charge in [-0.3, -0.25) is 4.90 Å². The summed E-state index contributed by atoms with van der Waals surface area (Å²) < 4.78 is 31.9. The number of nitrogens with one attached hydrogen (secondary N) is 1. The van der Waals surface area contributed by atoms with Crippen molar-refractivity contribution in [3.63, 3.8) is 0 Å². The van der Waals surface area contributed by atoms with Crippen LogP contribution in [0.3, 0.4) is 0 Å². The largest absolute Gasteiger partial charge is 0.493 e. The molecule has 10 nitrogen and oxygen atoms in total. The Labute approximate surface area is 312 Å². The lowest BCUT2D eigenvalue weighted by atomic mass is 9.86. The van der Waals surface area contributed by atoms with E-state index in [1.54, 1.807) is 14.2 Å². The van der Waals surface area contributed by atoms with Crippen molar-refractivity contribution in [2.45, 2.75) is 58.0 Å². The highest BCUT2D eigenvalue weighted by Gasteiger charge is 2.38. The lowest BCUT2D eigenvalue weighted by Gasteiger charge is -2.39. The van der Waals surface area contributed by atoms with E-state index in [0.29, 0.717) is 66.2 Å². The summed E-state index contributed by atoms with van der Waals surface area (Å²) in [6.07, 6.45) is 3.82. The first-order valence-corrected chi connectivity index (χ1v) is 19.0. The van der Waals surface area contributed by atoms with Crippen molar-refractivity contribution in [2.75, 3.05) is 60.5 Å². The molecule has 9 rings (SSSR count). The van der Waals surface area contributed by atoms with E-state index < -0.39 is 0 Å². The van der Waals surface area contributed by atoms with Crippen LogP contribution in [0.4, 0.5) is 4.79 Å². The van der Waals surface area contributed by atoms with Gasteiger partial charge < -0.3 is 38.8 Å². The summed E-state index contributed by atoms with van der Waals surface area (Å²) in [6.45, 7) is 9.41. The molecule has 5 aliphatic heterocycles. The summed E-state index contributed by atoms with van der Waals surface area (Å²) in [6, 6.07) is 20.4. The Bertz CT molecular complexity index is 1990. The molecule has 0 aromatic heterocycles. The molecule has 5 aliphatic rings. The number of nitrogens with zero attached hydrogens (tertiary/aromatic N) is 3. The van der Waals surface area contributed by atoms with Crippen LogP contribution in [0.25, 0.3) is 0 Å². The monoisotopic (exact) mass is 718 g/mol. The van der Waals surface area contributed by atoms with E-state index in [0.717, 1.165) is 73.4 Å². The van der Waals surface area contributed by atoms with Crippen LogP contribution in [0, 0.1) is 0 Å². The highest BCUT2D eigenvalue weighted by Crippen LogP contribution is 2.56. The Kier molecular flexibility index (Phi) is 9.83. The topological polar surface area (TPSA) is 85.0 Å². The van der Waals surface area contributed by atoms with Crippen molar-refractivity contribution in [2.24, 2.45) is 0 Å². The molecule has 5 heterocycles. The van der Waals surface area contributed by atoms with Crippen LogP contribution in [-0.4, -0.2) is 81.3 Å². The second-order valence-corrected chi connectivity index (χ2v) is 14.5. The van der Waals surface area contributed by atoms with Crippen molar-refractivity contribution >= 4 is 6.03 Å². The average molecular weight is 719 g/mol. The van der Waals surface area contributed by atoms with Gasteiger partial charge in [-0.2, -0.15) is 0 Å². The van der Waals surface area contributed by atoms with Crippen LogP contribution in [0.1, 0.15) is 65.7 Å². The van der Waals surface area contributed by atoms with Crippen LogP contribution in [0.2, 0.25) is 0 Å². The maximum atomic E-state index is 14.0. The van der Waals surface area contributed by atoms with Gasteiger partial charge in [0.05, 0.1) is 20.3 Å². The molecule has 4 aromatic rings. The molecule has 53 heavy (non-hydrogen) atoms. The van der Waals surface area contributed by atoms with E-state index in [1.165, 1.54) is 11.1 Å². The Hall–Kier alpha value is -4.93. The van der Waals surface area contributed by atoms with Gasteiger partial charge in [0, 0.05) is 31.2 Å². The summed E-state index contributed by atoms with van der Waals surface area (Å²) in [5.41, 5.74) is 6.74. The third-order valence-corrected chi connectivity index (χ3v) is 11.5. The van der Waals surface area contributed by atoms with E-state index in [9.17, 15) is 4.79 Å². The van der Waals surface area contributed by atoms with Crippen molar-refractivity contribution in [3.05, 3.63) is 94.0 Å². The molecule has 0 saturated carbocycles. The summed E-state index contributed by atoms with van der Waals surface area (Å²) in [5.74, 6) is 5.32. The van der Waals surface area contributed by atoms with Gasteiger partial charge in [0.25, 0.3) is 0 Å². The summed E-state index contributed by atoms with van der Waals surface area (Å²) in [4.78, 5) is 20.8. The fraction of sp³-hybridized carbons (Fsp3) is 0.419. The van der Waals surface area contributed by atoms with Gasteiger partial charge in [0.1, 0.15) is 5.75 Å². The molecule has 2 amide bonds. The van der Waals surface area contributed by atoms with E-state index in [2.05, 4.69) is 72.4 Å². The number of carbonyl (C=O) groups excluding carboxylic acids is 1. The van der Waals surface area contributed by atoms with E-state index in [-0.39, 0.29) is 18.1 Å². The van der Waals surface area contributed by atoms with Crippen molar-refractivity contribution in [1.29, 1.82) is 0 Å². The minimum atomic E-state index is -0.255. The van der Waals surface area contributed by atoms with Gasteiger partial charge in [-0.05, 0) is 129 Å².